The highest BCUT2D eigenvalue weighted by atomic mass is 19.1. The number of ether oxygens (including phenoxy) is 2. The van der Waals surface area contributed by atoms with Crippen LogP contribution in [0, 0.1) is 5.82 Å². The molecule has 0 N–H and O–H groups in total. The average Bonchev–Trinajstić information content (AvgIpc) is 2.91. The summed E-state index contributed by atoms with van der Waals surface area (Å²) in [6.07, 6.45) is 1.59. The van der Waals surface area contributed by atoms with Crippen molar-refractivity contribution < 1.29 is 18.7 Å². The van der Waals surface area contributed by atoms with Gasteiger partial charge in [-0.2, -0.15) is 0 Å². The Balaban J connectivity index is 1.94. The third-order valence-electron chi connectivity index (χ3n) is 4.92. The van der Waals surface area contributed by atoms with Gasteiger partial charge in [-0.05, 0) is 30.7 Å². The molecule has 2 aromatic rings. The molecule has 0 radical (unpaired) electrons. The number of rotatable bonds is 6. The Morgan fingerprint density at radius 3 is 2.61 bits per heavy atom. The highest BCUT2D eigenvalue weighted by Gasteiger charge is 2.26. The largest absolute Gasteiger partial charge is 0.488 e. The molecule has 0 atom stereocenters. The van der Waals surface area contributed by atoms with Gasteiger partial charge < -0.3 is 18.9 Å². The molecule has 28 heavy (non-hydrogen) atoms. The molecule has 1 aromatic carbocycles. The minimum Gasteiger partial charge on any atom is -0.488 e. The number of hydrogen-bond acceptors (Lipinski definition) is 5. The fraction of sp³-hybridized carbons (Fsp3) is 0.429. The molecule has 7 heteroatoms. The van der Waals surface area contributed by atoms with Crippen LogP contribution in [0.2, 0.25) is 0 Å². The number of pyridine rings is 1. The molecule has 0 aliphatic carbocycles. The van der Waals surface area contributed by atoms with Gasteiger partial charge in [0.15, 0.2) is 0 Å². The van der Waals surface area contributed by atoms with Crippen molar-refractivity contribution in [1.29, 1.82) is 0 Å². The van der Waals surface area contributed by atoms with E-state index in [0.29, 0.717) is 24.2 Å². The maximum Gasteiger partial charge on any atom is 0.343 e. The van der Waals surface area contributed by atoms with Gasteiger partial charge in [0.05, 0.1) is 7.11 Å². The molecule has 0 saturated carbocycles. The molecule has 1 aliphatic rings. The minimum atomic E-state index is -0.526. The Morgan fingerprint density at radius 2 is 1.93 bits per heavy atom. The van der Waals surface area contributed by atoms with Crippen LogP contribution in [-0.2, 0) is 24.3 Å². The lowest BCUT2D eigenvalue weighted by Gasteiger charge is -2.17. The van der Waals surface area contributed by atoms with Gasteiger partial charge in [0.25, 0.3) is 5.56 Å². The lowest BCUT2D eigenvalue weighted by atomic mass is 10.1. The van der Waals surface area contributed by atoms with Gasteiger partial charge in [-0.1, -0.05) is 19.1 Å². The Kier molecular flexibility index (Phi) is 6.46. The van der Waals surface area contributed by atoms with Crippen molar-refractivity contribution >= 4 is 5.97 Å². The molecule has 0 spiro atoms. The fourth-order valence-electron chi connectivity index (χ4n) is 3.51. The van der Waals surface area contributed by atoms with E-state index in [1.165, 1.54) is 25.3 Å². The average molecular weight is 388 g/mol. The number of hydrogen-bond donors (Lipinski definition) is 0. The van der Waals surface area contributed by atoms with Crippen molar-refractivity contribution in [2.75, 3.05) is 26.7 Å². The van der Waals surface area contributed by atoms with E-state index in [9.17, 15) is 14.0 Å². The number of carbonyl (C=O) groups is 1. The number of nitrogens with zero attached hydrogens (tertiary/aromatic N) is 2. The van der Waals surface area contributed by atoms with Crippen molar-refractivity contribution in [3.63, 3.8) is 0 Å². The van der Waals surface area contributed by atoms with Crippen molar-refractivity contribution in [3.05, 3.63) is 63.3 Å². The molecule has 0 bridgehead atoms. The van der Waals surface area contributed by atoms with Gasteiger partial charge in [-0.15, -0.1) is 0 Å². The third kappa shape index (κ3) is 4.42. The van der Waals surface area contributed by atoms with Crippen LogP contribution < -0.4 is 10.3 Å². The van der Waals surface area contributed by atoms with Crippen LogP contribution in [0.5, 0.6) is 5.75 Å². The normalized spacial score (nSPS) is 14.2. The molecule has 0 unspecified atom stereocenters. The third-order valence-corrected chi connectivity index (χ3v) is 4.92. The van der Waals surface area contributed by atoms with Gasteiger partial charge >= 0.3 is 5.97 Å². The Labute approximate surface area is 163 Å². The molecule has 3 rings (SSSR count). The maximum absolute atomic E-state index is 13.1. The van der Waals surface area contributed by atoms with E-state index in [1.54, 1.807) is 16.7 Å². The summed E-state index contributed by atoms with van der Waals surface area (Å²) in [5.41, 5.74) is 1.48. The quantitative estimate of drug-likeness (QED) is 0.712. The molecule has 1 aromatic heterocycles. The first kappa shape index (κ1) is 20.1. The van der Waals surface area contributed by atoms with E-state index in [1.807, 2.05) is 0 Å². The summed E-state index contributed by atoms with van der Waals surface area (Å²) in [5, 5.41) is 0. The summed E-state index contributed by atoms with van der Waals surface area (Å²) in [5.74, 6) is -0.655. The Morgan fingerprint density at radius 1 is 1.18 bits per heavy atom. The van der Waals surface area contributed by atoms with E-state index in [0.717, 1.165) is 31.6 Å². The summed E-state index contributed by atoms with van der Waals surface area (Å²) in [4.78, 5) is 27.5. The second-order valence-electron chi connectivity index (χ2n) is 6.82. The number of benzene rings is 1. The summed E-state index contributed by atoms with van der Waals surface area (Å²) >= 11 is 0. The van der Waals surface area contributed by atoms with Crippen LogP contribution >= 0.6 is 0 Å². The predicted molar refractivity (Wildman–Crippen MR) is 103 cm³/mol. The number of carbonyl (C=O) groups excluding carboxylic acids is 1. The second-order valence-corrected chi connectivity index (χ2v) is 6.82. The monoisotopic (exact) mass is 388 g/mol. The number of fused-ring (bicyclic) bond motifs is 1. The molecule has 0 saturated heterocycles. The van der Waals surface area contributed by atoms with E-state index in [2.05, 4.69) is 11.8 Å². The Hall–Kier alpha value is -2.67. The first-order valence-electron chi connectivity index (χ1n) is 9.48. The van der Waals surface area contributed by atoms with Gasteiger partial charge in [-0.25, -0.2) is 9.18 Å². The summed E-state index contributed by atoms with van der Waals surface area (Å²) in [6, 6.07) is 7.23. The molecular weight excluding hydrogens is 363 g/mol. The van der Waals surface area contributed by atoms with E-state index in [-0.39, 0.29) is 23.7 Å². The highest BCUT2D eigenvalue weighted by molar-refractivity contribution is 5.93. The van der Waals surface area contributed by atoms with Crippen LogP contribution in [0.25, 0.3) is 0 Å². The SMILES string of the molecule is CCCN1CCc2c(C(=O)OC)c(OCc3ccc(F)cc3)cc(=O)n2CC1. The lowest BCUT2D eigenvalue weighted by Crippen LogP contribution is -2.29. The molecule has 150 valence electrons. The zero-order valence-electron chi connectivity index (χ0n) is 16.2. The van der Waals surface area contributed by atoms with E-state index in [4.69, 9.17) is 9.47 Å². The van der Waals surface area contributed by atoms with Crippen molar-refractivity contribution in [2.24, 2.45) is 0 Å². The number of halogens is 1. The first-order chi connectivity index (χ1) is 13.5. The predicted octanol–water partition coefficient (Wildman–Crippen LogP) is 2.62. The standard InChI is InChI=1S/C21H25FN2O4/c1-3-9-23-10-8-17-20(21(26)27-2)18(13-19(25)24(17)12-11-23)28-14-15-4-6-16(22)7-5-15/h4-7,13H,3,8-12,14H2,1-2H3. The zero-order chi connectivity index (χ0) is 20.1. The topological polar surface area (TPSA) is 60.8 Å². The smallest absolute Gasteiger partial charge is 0.343 e. The molecule has 0 amide bonds. The Bertz CT molecular complexity index is 893. The van der Waals surface area contributed by atoms with Crippen LogP contribution in [0.3, 0.4) is 0 Å². The molecular formula is C21H25FN2O4. The minimum absolute atomic E-state index is 0.120. The maximum atomic E-state index is 13.1. The zero-order valence-corrected chi connectivity index (χ0v) is 16.2. The highest BCUT2D eigenvalue weighted by Crippen LogP contribution is 2.25. The second kappa shape index (κ2) is 9.01. The summed E-state index contributed by atoms with van der Waals surface area (Å²) in [6.45, 7) is 5.23. The van der Waals surface area contributed by atoms with Crippen LogP contribution in [0.4, 0.5) is 4.39 Å². The van der Waals surface area contributed by atoms with Gasteiger partial charge in [0.1, 0.15) is 23.7 Å². The van der Waals surface area contributed by atoms with Crippen LogP contribution in [0.1, 0.15) is 35.0 Å². The fourth-order valence-corrected chi connectivity index (χ4v) is 3.51. The van der Waals surface area contributed by atoms with Gasteiger partial charge in [-0.3, -0.25) is 4.79 Å². The summed E-state index contributed by atoms with van der Waals surface area (Å²) in [7, 11) is 1.31. The van der Waals surface area contributed by atoms with Crippen molar-refractivity contribution in [1.82, 2.24) is 9.47 Å². The number of esters is 1. The van der Waals surface area contributed by atoms with E-state index < -0.39 is 5.97 Å². The molecule has 1 aliphatic heterocycles. The van der Waals surface area contributed by atoms with Gasteiger partial charge in [0.2, 0.25) is 0 Å². The molecule has 0 fully saturated rings. The molecule has 6 nitrogen and oxygen atoms in total. The first-order valence-corrected chi connectivity index (χ1v) is 9.48. The van der Waals surface area contributed by atoms with Crippen LogP contribution in [-0.4, -0.2) is 42.2 Å². The van der Waals surface area contributed by atoms with E-state index >= 15 is 0 Å². The van der Waals surface area contributed by atoms with Crippen molar-refractivity contribution in [3.8, 4) is 5.75 Å². The molecule has 2 heterocycles. The van der Waals surface area contributed by atoms with Crippen LogP contribution in [0.15, 0.2) is 35.1 Å². The van der Waals surface area contributed by atoms with Gasteiger partial charge in [0, 0.05) is 37.8 Å². The number of methoxy groups -OCH3 is 1. The number of aromatic nitrogens is 1. The summed E-state index contributed by atoms with van der Waals surface area (Å²) < 4.78 is 25.5. The lowest BCUT2D eigenvalue weighted by molar-refractivity contribution is 0.0592. The van der Waals surface area contributed by atoms with Crippen molar-refractivity contribution in [2.45, 2.75) is 32.9 Å².